The van der Waals surface area contributed by atoms with Gasteiger partial charge in [0.25, 0.3) is 0 Å². The topological polar surface area (TPSA) is 144 Å². The normalized spacial score (nSPS) is 11.6. The van der Waals surface area contributed by atoms with Crippen molar-refractivity contribution in [2.75, 3.05) is 6.61 Å². The third kappa shape index (κ3) is 6.02. The summed E-state index contributed by atoms with van der Waals surface area (Å²) in [6.45, 7) is 0.283. The van der Waals surface area contributed by atoms with Gasteiger partial charge in [0, 0.05) is 24.7 Å². The first-order chi connectivity index (χ1) is 17.9. The molecule has 2 aromatic carbocycles. The van der Waals surface area contributed by atoms with E-state index in [-0.39, 0.29) is 46.0 Å². The van der Waals surface area contributed by atoms with E-state index in [1.165, 1.54) is 56.4 Å². The Balaban J connectivity index is 1.44. The van der Waals surface area contributed by atoms with Gasteiger partial charge in [-0.2, -0.15) is 0 Å². The average molecular weight is 511 g/mol. The fraction of sp³-hybridized carbons (Fsp3) is 0.414. The molecule has 0 radical (unpaired) electrons. The molecule has 0 saturated carbocycles. The maximum absolute atomic E-state index is 13.1. The number of unbranched alkanes of at least 4 members (excludes halogenated alkanes) is 9. The Morgan fingerprint density at radius 1 is 0.676 bits per heavy atom. The second-order valence-electron chi connectivity index (χ2n) is 9.55. The van der Waals surface area contributed by atoms with E-state index in [4.69, 9.17) is 13.9 Å². The number of benzene rings is 2. The Bertz CT molecular complexity index is 1420. The number of phenols is 3. The lowest BCUT2D eigenvalue weighted by Crippen LogP contribution is -2.03. The van der Waals surface area contributed by atoms with Crippen LogP contribution in [0.3, 0.4) is 0 Å². The van der Waals surface area contributed by atoms with E-state index in [1.807, 2.05) is 0 Å². The standard InChI is InChI=1S/C29H34O8/c30-14-10-8-6-4-2-1-3-5-7-9-11-19-16-20-22(32)17-24-25(29(20)36-19)26(34)27(35)28(37-24)18-12-13-21(31)23(33)15-18/h12-13,15-17,30-33,35H,1-11,14H2. The van der Waals surface area contributed by atoms with Gasteiger partial charge in [-0.3, -0.25) is 4.79 Å². The highest BCUT2D eigenvalue weighted by Crippen LogP contribution is 2.39. The van der Waals surface area contributed by atoms with Crippen molar-refractivity contribution < 1.29 is 34.4 Å². The van der Waals surface area contributed by atoms with E-state index in [1.54, 1.807) is 6.07 Å². The molecule has 37 heavy (non-hydrogen) atoms. The fourth-order valence-electron chi connectivity index (χ4n) is 4.69. The van der Waals surface area contributed by atoms with Gasteiger partial charge in [-0.15, -0.1) is 0 Å². The summed E-state index contributed by atoms with van der Waals surface area (Å²) < 4.78 is 11.7. The highest BCUT2D eigenvalue weighted by atomic mass is 16.4. The average Bonchev–Trinajstić information content (AvgIpc) is 3.31. The molecule has 0 spiro atoms. The number of aromatic hydroxyl groups is 4. The molecule has 8 heteroatoms. The van der Waals surface area contributed by atoms with E-state index >= 15 is 0 Å². The summed E-state index contributed by atoms with van der Waals surface area (Å²) in [5.74, 6) is -1.08. The van der Waals surface area contributed by atoms with E-state index in [0.29, 0.717) is 17.6 Å². The van der Waals surface area contributed by atoms with Crippen LogP contribution in [0.2, 0.25) is 0 Å². The molecule has 0 aliphatic carbocycles. The predicted octanol–water partition coefficient (Wildman–Crippen LogP) is 6.46. The number of furan rings is 1. The summed E-state index contributed by atoms with van der Waals surface area (Å²) in [4.78, 5) is 13.1. The van der Waals surface area contributed by atoms with Crippen molar-refractivity contribution >= 4 is 21.9 Å². The second kappa shape index (κ2) is 12.1. The molecule has 0 amide bonds. The highest BCUT2D eigenvalue weighted by Gasteiger charge is 2.22. The molecule has 0 aliphatic heterocycles. The third-order valence-electron chi connectivity index (χ3n) is 6.74. The van der Waals surface area contributed by atoms with E-state index in [9.17, 15) is 25.2 Å². The van der Waals surface area contributed by atoms with Gasteiger partial charge in [-0.25, -0.2) is 0 Å². The molecule has 4 aromatic rings. The van der Waals surface area contributed by atoms with E-state index in [2.05, 4.69) is 0 Å². The van der Waals surface area contributed by atoms with Gasteiger partial charge in [0.2, 0.25) is 11.2 Å². The maximum Gasteiger partial charge on any atom is 0.238 e. The van der Waals surface area contributed by atoms with Crippen molar-refractivity contribution in [1.29, 1.82) is 0 Å². The lowest BCUT2D eigenvalue weighted by Gasteiger charge is -2.08. The molecule has 0 fully saturated rings. The fourth-order valence-corrected chi connectivity index (χ4v) is 4.69. The van der Waals surface area contributed by atoms with Crippen LogP contribution in [0.1, 0.15) is 70.0 Å². The van der Waals surface area contributed by atoms with E-state index < -0.39 is 16.9 Å². The highest BCUT2D eigenvalue weighted by molar-refractivity contribution is 6.06. The number of hydrogen-bond acceptors (Lipinski definition) is 8. The van der Waals surface area contributed by atoms with Crippen LogP contribution in [-0.2, 0) is 6.42 Å². The van der Waals surface area contributed by atoms with Crippen LogP contribution < -0.4 is 5.43 Å². The van der Waals surface area contributed by atoms with Crippen LogP contribution in [0.5, 0.6) is 23.0 Å². The van der Waals surface area contributed by atoms with Gasteiger partial charge < -0.3 is 34.4 Å². The Kier molecular flexibility index (Phi) is 8.61. The summed E-state index contributed by atoms with van der Waals surface area (Å²) in [6, 6.07) is 6.81. The van der Waals surface area contributed by atoms with Crippen LogP contribution in [-0.4, -0.2) is 32.1 Å². The zero-order valence-electron chi connectivity index (χ0n) is 20.8. The molecule has 0 saturated heterocycles. The van der Waals surface area contributed by atoms with Gasteiger partial charge in [0.15, 0.2) is 22.8 Å². The quantitative estimate of drug-likeness (QED) is 0.102. The molecule has 8 nitrogen and oxygen atoms in total. The molecule has 5 N–H and O–H groups in total. The van der Waals surface area contributed by atoms with Crippen molar-refractivity contribution in [3.63, 3.8) is 0 Å². The Hall–Kier alpha value is -3.65. The number of aliphatic hydroxyl groups excluding tert-OH is 1. The summed E-state index contributed by atoms with van der Waals surface area (Å²) in [7, 11) is 0. The minimum atomic E-state index is -0.717. The summed E-state index contributed by atoms with van der Waals surface area (Å²) in [5, 5.41) is 49.7. The third-order valence-corrected chi connectivity index (χ3v) is 6.74. The van der Waals surface area contributed by atoms with E-state index in [0.717, 1.165) is 32.1 Å². The summed E-state index contributed by atoms with van der Waals surface area (Å²) in [6.07, 6.45) is 11.8. The van der Waals surface area contributed by atoms with Crippen molar-refractivity contribution in [3.8, 4) is 34.3 Å². The maximum atomic E-state index is 13.1. The van der Waals surface area contributed by atoms with Gasteiger partial charge >= 0.3 is 0 Å². The summed E-state index contributed by atoms with van der Waals surface area (Å²) >= 11 is 0. The Morgan fingerprint density at radius 3 is 1.97 bits per heavy atom. The zero-order chi connectivity index (χ0) is 26.4. The Labute approximate surface area is 214 Å². The van der Waals surface area contributed by atoms with Crippen molar-refractivity contribution in [2.24, 2.45) is 0 Å². The van der Waals surface area contributed by atoms with Crippen LogP contribution in [0, 0.1) is 0 Å². The molecule has 4 rings (SSSR count). The Morgan fingerprint density at radius 2 is 1.32 bits per heavy atom. The van der Waals surface area contributed by atoms with Crippen LogP contribution in [0.4, 0.5) is 0 Å². The molecule has 0 atom stereocenters. The largest absolute Gasteiger partial charge is 0.507 e. The lowest BCUT2D eigenvalue weighted by atomic mass is 10.1. The molecular weight excluding hydrogens is 476 g/mol. The predicted molar refractivity (Wildman–Crippen MR) is 141 cm³/mol. The first-order valence-corrected chi connectivity index (χ1v) is 13.0. The smallest absolute Gasteiger partial charge is 0.238 e. The van der Waals surface area contributed by atoms with Gasteiger partial charge in [-0.1, -0.05) is 51.4 Å². The van der Waals surface area contributed by atoms with Gasteiger partial charge in [0.1, 0.15) is 22.5 Å². The van der Waals surface area contributed by atoms with Gasteiger partial charge in [0.05, 0.1) is 5.39 Å². The minimum Gasteiger partial charge on any atom is -0.507 e. The second-order valence-corrected chi connectivity index (χ2v) is 9.55. The van der Waals surface area contributed by atoms with Crippen LogP contribution in [0.25, 0.3) is 33.3 Å². The number of phenolic OH excluding ortho intramolecular Hbond substituents is 3. The number of rotatable bonds is 13. The number of aryl methyl sites for hydroxylation is 1. The van der Waals surface area contributed by atoms with Crippen molar-refractivity contribution in [2.45, 2.75) is 70.6 Å². The van der Waals surface area contributed by atoms with Gasteiger partial charge in [-0.05, 0) is 37.1 Å². The SMILES string of the molecule is O=c1c(O)c(-c2ccc(O)c(O)c2)oc2cc(O)c3cc(CCCCCCCCCCCCO)oc3c12. The zero-order valence-corrected chi connectivity index (χ0v) is 20.8. The summed E-state index contributed by atoms with van der Waals surface area (Å²) in [5.41, 5.74) is -0.331. The molecule has 0 bridgehead atoms. The molecule has 2 heterocycles. The number of fused-ring (bicyclic) bond motifs is 3. The van der Waals surface area contributed by atoms with Crippen LogP contribution in [0.15, 0.2) is 44.0 Å². The van der Waals surface area contributed by atoms with Crippen LogP contribution >= 0.6 is 0 Å². The first-order valence-electron chi connectivity index (χ1n) is 13.0. The molecule has 0 aliphatic rings. The lowest BCUT2D eigenvalue weighted by molar-refractivity contribution is 0.282. The molecule has 198 valence electrons. The number of aliphatic hydroxyl groups is 1. The monoisotopic (exact) mass is 510 g/mol. The first kappa shape index (κ1) is 26.4. The minimum absolute atomic E-state index is 0.0299. The van der Waals surface area contributed by atoms with Crippen molar-refractivity contribution in [1.82, 2.24) is 0 Å². The van der Waals surface area contributed by atoms with Crippen molar-refractivity contribution in [3.05, 3.63) is 46.3 Å². The molecular formula is C29H34O8. The molecule has 0 unspecified atom stereocenters. The number of hydrogen-bond donors (Lipinski definition) is 5. The molecule has 2 aromatic heterocycles.